The van der Waals surface area contributed by atoms with Crippen LogP contribution in [0, 0.1) is 17.8 Å². The number of anilines is 2. The quantitative estimate of drug-likeness (QED) is 0.424. The van der Waals surface area contributed by atoms with Crippen molar-refractivity contribution in [3.63, 3.8) is 0 Å². The molecule has 14 heteroatoms. The summed E-state index contributed by atoms with van der Waals surface area (Å²) < 4.78 is 60.8. The normalized spacial score (nSPS) is 29.4. The molecular formula is C28H35ClF3N5O5. The van der Waals surface area contributed by atoms with Crippen molar-refractivity contribution in [2.75, 3.05) is 50.2 Å². The van der Waals surface area contributed by atoms with Crippen LogP contribution in [0.25, 0.3) is 0 Å². The Morgan fingerprint density at radius 1 is 1.07 bits per heavy atom. The van der Waals surface area contributed by atoms with Crippen molar-refractivity contribution in [1.29, 1.82) is 0 Å². The zero-order chi connectivity index (χ0) is 29.3. The van der Waals surface area contributed by atoms with E-state index in [2.05, 4.69) is 25.5 Å². The lowest BCUT2D eigenvalue weighted by Gasteiger charge is -2.31. The van der Waals surface area contributed by atoms with E-state index in [9.17, 15) is 18.0 Å². The van der Waals surface area contributed by atoms with Crippen LogP contribution in [0.2, 0.25) is 5.02 Å². The van der Waals surface area contributed by atoms with E-state index in [1.54, 1.807) is 12.3 Å². The Morgan fingerprint density at radius 2 is 1.90 bits per heavy atom. The second-order valence-electron chi connectivity index (χ2n) is 11.6. The van der Waals surface area contributed by atoms with Crippen molar-refractivity contribution in [2.45, 2.75) is 63.1 Å². The minimum atomic E-state index is -4.84. The molecule has 0 spiro atoms. The summed E-state index contributed by atoms with van der Waals surface area (Å²) in [4.78, 5) is 17.3. The number of halogens is 4. The number of nitrogens with one attached hydrogen (secondary N) is 2. The molecular weight excluding hydrogens is 579 g/mol. The standard InChI is InChI=1S/C28H35ClF3N5O5/c29-26-24(33-11-17-14-40-13-16-9-21(16)17)12-34-37(27(26)38)19-3-1-18(2-4-19)35-22-5-6-25(42-28(30,31)32)36-23(22)10-20-15-39-7-8-41-20/h5-6,12,16-21,33,35H,1-4,7-11,13-15H2/t16-,17+,18?,19?,20+,21-/m0/s1. The van der Waals surface area contributed by atoms with Crippen molar-refractivity contribution < 1.29 is 32.1 Å². The number of hydrogen-bond donors (Lipinski definition) is 2. The molecule has 10 nitrogen and oxygen atoms in total. The molecule has 2 saturated carbocycles. The maximum Gasteiger partial charge on any atom is 0.574 e. The topological polar surface area (TPSA) is 109 Å². The molecule has 4 heterocycles. The highest BCUT2D eigenvalue weighted by molar-refractivity contribution is 6.32. The number of alkyl halides is 3. The van der Waals surface area contributed by atoms with Crippen LogP contribution in [0.15, 0.2) is 23.1 Å². The van der Waals surface area contributed by atoms with Gasteiger partial charge in [-0.2, -0.15) is 5.10 Å². The summed E-state index contributed by atoms with van der Waals surface area (Å²) in [5, 5.41) is 11.3. The molecule has 42 heavy (non-hydrogen) atoms. The van der Waals surface area contributed by atoms with Gasteiger partial charge in [-0.3, -0.25) is 4.79 Å². The molecule has 4 atom stereocenters. The van der Waals surface area contributed by atoms with Crippen LogP contribution in [0.3, 0.4) is 0 Å². The van der Waals surface area contributed by atoms with Gasteiger partial charge < -0.3 is 29.6 Å². The Hall–Kier alpha value is -2.61. The van der Waals surface area contributed by atoms with E-state index in [0.717, 1.165) is 26.1 Å². The Morgan fingerprint density at radius 3 is 2.67 bits per heavy atom. The second kappa shape index (κ2) is 12.6. The molecule has 2 aliphatic carbocycles. The first-order chi connectivity index (χ1) is 20.2. The Bertz CT molecular complexity index is 1300. The van der Waals surface area contributed by atoms with E-state index in [1.165, 1.54) is 17.2 Å². The average molecular weight is 614 g/mol. The third-order valence-corrected chi connectivity index (χ3v) is 8.99. The summed E-state index contributed by atoms with van der Waals surface area (Å²) in [5.74, 6) is 1.25. The van der Waals surface area contributed by atoms with Crippen molar-refractivity contribution in [3.05, 3.63) is 39.4 Å². The van der Waals surface area contributed by atoms with Gasteiger partial charge in [0.25, 0.3) is 5.56 Å². The first-order valence-electron chi connectivity index (χ1n) is 14.5. The fraction of sp³-hybridized carbons (Fsp3) is 0.679. The highest BCUT2D eigenvalue weighted by Gasteiger charge is 2.45. The predicted molar refractivity (Wildman–Crippen MR) is 148 cm³/mol. The van der Waals surface area contributed by atoms with Gasteiger partial charge in [-0.25, -0.2) is 9.67 Å². The number of fused-ring (bicyclic) bond motifs is 1. The van der Waals surface area contributed by atoms with Gasteiger partial charge in [0, 0.05) is 37.6 Å². The fourth-order valence-electron chi connectivity index (χ4n) is 6.31. The van der Waals surface area contributed by atoms with E-state index in [4.69, 9.17) is 25.8 Å². The molecule has 230 valence electrons. The van der Waals surface area contributed by atoms with Crippen LogP contribution < -0.4 is 20.9 Å². The zero-order valence-electron chi connectivity index (χ0n) is 23.1. The molecule has 4 fully saturated rings. The van der Waals surface area contributed by atoms with Crippen LogP contribution >= 0.6 is 11.6 Å². The highest BCUT2D eigenvalue weighted by atomic mass is 35.5. The molecule has 0 unspecified atom stereocenters. The summed E-state index contributed by atoms with van der Waals surface area (Å²) in [6.45, 7) is 3.51. The third kappa shape index (κ3) is 7.12. The number of aromatic nitrogens is 3. The molecule has 2 saturated heterocycles. The van der Waals surface area contributed by atoms with Gasteiger partial charge >= 0.3 is 6.36 Å². The monoisotopic (exact) mass is 613 g/mol. The van der Waals surface area contributed by atoms with Gasteiger partial charge in [0.05, 0.1) is 61.8 Å². The molecule has 0 bridgehead atoms. The first-order valence-corrected chi connectivity index (χ1v) is 14.9. The van der Waals surface area contributed by atoms with E-state index in [0.29, 0.717) is 74.0 Å². The number of pyridine rings is 1. The van der Waals surface area contributed by atoms with Crippen LogP contribution in [0.4, 0.5) is 24.5 Å². The smallest absolute Gasteiger partial charge is 0.388 e. The highest BCUT2D eigenvalue weighted by Crippen LogP contribution is 2.47. The number of rotatable bonds is 9. The minimum Gasteiger partial charge on any atom is -0.388 e. The van der Waals surface area contributed by atoms with Crippen LogP contribution in [0.5, 0.6) is 5.88 Å². The van der Waals surface area contributed by atoms with Crippen molar-refractivity contribution in [1.82, 2.24) is 14.8 Å². The van der Waals surface area contributed by atoms with Crippen molar-refractivity contribution in [3.8, 4) is 5.88 Å². The Kier molecular flexibility index (Phi) is 8.80. The Balaban J connectivity index is 1.07. The number of ether oxygens (including phenoxy) is 4. The SMILES string of the molecule is O=c1c(Cl)c(NC[C@@H]2COC[C@@H]3C[C@H]23)cnn1C1CCC(Nc2ccc(OC(F)(F)F)nc2C[C@@H]2COCCO2)CC1. The molecule has 2 aromatic heterocycles. The molecule has 4 aliphatic rings. The number of hydrogen-bond acceptors (Lipinski definition) is 9. The lowest BCUT2D eigenvalue weighted by molar-refractivity contribution is -0.276. The van der Waals surface area contributed by atoms with Crippen LogP contribution in [-0.4, -0.2) is 72.9 Å². The van der Waals surface area contributed by atoms with Gasteiger partial charge in [-0.05, 0) is 50.0 Å². The van der Waals surface area contributed by atoms with E-state index >= 15 is 0 Å². The van der Waals surface area contributed by atoms with Crippen molar-refractivity contribution in [2.24, 2.45) is 17.8 Å². The zero-order valence-corrected chi connectivity index (χ0v) is 23.8. The molecule has 0 amide bonds. The lowest BCUT2D eigenvalue weighted by atomic mass is 9.91. The predicted octanol–water partition coefficient (Wildman–Crippen LogP) is 4.44. The molecule has 6 rings (SSSR count). The van der Waals surface area contributed by atoms with Gasteiger partial charge in [0.2, 0.25) is 5.88 Å². The third-order valence-electron chi connectivity index (χ3n) is 8.62. The largest absolute Gasteiger partial charge is 0.574 e. The Labute approximate surface area is 246 Å². The first kappa shape index (κ1) is 29.5. The van der Waals surface area contributed by atoms with Crippen LogP contribution in [-0.2, 0) is 20.6 Å². The molecule has 2 aromatic rings. The molecule has 0 aromatic carbocycles. The van der Waals surface area contributed by atoms with Gasteiger partial charge in [-0.1, -0.05) is 11.6 Å². The average Bonchev–Trinajstić information content (AvgIpc) is 3.76. The number of nitrogens with zero attached hydrogens (tertiary/aromatic N) is 3. The summed E-state index contributed by atoms with van der Waals surface area (Å²) in [5.41, 5.74) is 1.26. The molecule has 0 radical (unpaired) electrons. The maximum atomic E-state index is 13.1. The molecule has 2 N–H and O–H groups in total. The summed E-state index contributed by atoms with van der Waals surface area (Å²) >= 11 is 6.48. The molecule has 2 aliphatic heterocycles. The van der Waals surface area contributed by atoms with Crippen LogP contribution in [0.1, 0.15) is 43.8 Å². The second-order valence-corrected chi connectivity index (χ2v) is 12.0. The lowest BCUT2D eigenvalue weighted by Crippen LogP contribution is -2.34. The summed E-state index contributed by atoms with van der Waals surface area (Å²) in [7, 11) is 0. The van der Waals surface area contributed by atoms with E-state index < -0.39 is 12.2 Å². The van der Waals surface area contributed by atoms with E-state index in [1.807, 2.05) is 0 Å². The summed E-state index contributed by atoms with van der Waals surface area (Å²) in [6.07, 6.45) is 0.787. The maximum absolute atomic E-state index is 13.1. The van der Waals surface area contributed by atoms with Gasteiger partial charge in [-0.15, -0.1) is 13.2 Å². The summed E-state index contributed by atoms with van der Waals surface area (Å²) in [6, 6.07) is 2.69. The van der Waals surface area contributed by atoms with E-state index in [-0.39, 0.29) is 35.2 Å². The van der Waals surface area contributed by atoms with Gasteiger partial charge in [0.15, 0.2) is 0 Å². The van der Waals surface area contributed by atoms with Crippen molar-refractivity contribution >= 4 is 23.0 Å². The van der Waals surface area contributed by atoms with Gasteiger partial charge in [0.1, 0.15) is 5.02 Å². The minimum absolute atomic E-state index is 0.0378. The fourth-order valence-corrected chi connectivity index (χ4v) is 6.51.